The molecule has 0 aromatic heterocycles. The summed E-state index contributed by atoms with van der Waals surface area (Å²) < 4.78 is 0. The van der Waals surface area contributed by atoms with E-state index in [-0.39, 0.29) is 23.9 Å². The fraction of sp³-hybridized carbons (Fsp3) is 0.467. The number of carbonyl (C=O) groups is 2. The van der Waals surface area contributed by atoms with Crippen LogP contribution in [-0.4, -0.2) is 35.3 Å². The number of nitrogens with zero attached hydrogens (tertiary/aromatic N) is 1. The smallest absolute Gasteiger partial charge is 0.254 e. The standard InChI is InChI=1S/C15H18N2O2/c1-9-3-4-11(7-10(9)2)15(19)17-6-5-12-13(17)8-14(18)16-12/h3-4,7,12-13H,5-6,8H2,1-2H3,(H,16,18)/t12-,13+/m0/s1. The third kappa shape index (κ3) is 2.01. The van der Waals surface area contributed by atoms with Gasteiger partial charge in [0.1, 0.15) is 0 Å². The molecule has 100 valence electrons. The van der Waals surface area contributed by atoms with Crippen LogP contribution >= 0.6 is 0 Å². The quantitative estimate of drug-likeness (QED) is 0.828. The Bertz CT molecular complexity index is 553. The van der Waals surface area contributed by atoms with Crippen LogP contribution in [0.3, 0.4) is 0 Å². The summed E-state index contributed by atoms with van der Waals surface area (Å²) in [7, 11) is 0. The molecule has 2 saturated heterocycles. The lowest BCUT2D eigenvalue weighted by Gasteiger charge is -2.23. The van der Waals surface area contributed by atoms with E-state index in [1.165, 1.54) is 5.56 Å². The number of likely N-dealkylation sites (tertiary alicyclic amines) is 1. The molecule has 0 radical (unpaired) electrons. The first-order chi connectivity index (χ1) is 9.06. The van der Waals surface area contributed by atoms with Crippen molar-refractivity contribution in [3.05, 3.63) is 34.9 Å². The lowest BCUT2D eigenvalue weighted by molar-refractivity contribution is -0.119. The molecule has 0 unspecified atom stereocenters. The predicted octanol–water partition coefficient (Wildman–Crippen LogP) is 1.41. The molecular weight excluding hydrogens is 240 g/mol. The van der Waals surface area contributed by atoms with Crippen molar-refractivity contribution in [2.45, 2.75) is 38.8 Å². The van der Waals surface area contributed by atoms with Gasteiger partial charge in [-0.3, -0.25) is 9.59 Å². The van der Waals surface area contributed by atoms with E-state index in [0.29, 0.717) is 6.42 Å². The number of amides is 2. The molecule has 1 N–H and O–H groups in total. The molecule has 2 amide bonds. The molecule has 1 aromatic rings. The second-order valence-electron chi connectivity index (χ2n) is 5.53. The first kappa shape index (κ1) is 12.2. The molecule has 2 aliphatic heterocycles. The molecule has 0 saturated carbocycles. The third-order valence-electron chi connectivity index (χ3n) is 4.30. The Hall–Kier alpha value is -1.84. The molecule has 4 nitrogen and oxygen atoms in total. The van der Waals surface area contributed by atoms with Gasteiger partial charge in [-0.25, -0.2) is 0 Å². The van der Waals surface area contributed by atoms with Gasteiger partial charge in [-0.15, -0.1) is 0 Å². The van der Waals surface area contributed by atoms with Crippen LogP contribution in [0.4, 0.5) is 0 Å². The largest absolute Gasteiger partial charge is 0.351 e. The van der Waals surface area contributed by atoms with Gasteiger partial charge in [0, 0.05) is 18.5 Å². The van der Waals surface area contributed by atoms with Crippen molar-refractivity contribution in [3.8, 4) is 0 Å². The first-order valence-electron chi connectivity index (χ1n) is 6.74. The highest BCUT2D eigenvalue weighted by Gasteiger charge is 2.43. The Balaban J connectivity index is 1.84. The number of nitrogens with one attached hydrogen (secondary N) is 1. The van der Waals surface area contributed by atoms with Gasteiger partial charge in [-0.05, 0) is 43.5 Å². The molecule has 2 aliphatic rings. The van der Waals surface area contributed by atoms with Crippen molar-refractivity contribution in [1.82, 2.24) is 10.2 Å². The van der Waals surface area contributed by atoms with E-state index in [0.717, 1.165) is 24.1 Å². The average Bonchev–Trinajstić information content (AvgIpc) is 2.90. The maximum atomic E-state index is 12.5. The van der Waals surface area contributed by atoms with Gasteiger partial charge in [0.25, 0.3) is 5.91 Å². The minimum absolute atomic E-state index is 0.0432. The summed E-state index contributed by atoms with van der Waals surface area (Å²) in [4.78, 5) is 25.8. The van der Waals surface area contributed by atoms with Gasteiger partial charge in [0.05, 0.1) is 12.1 Å². The first-order valence-corrected chi connectivity index (χ1v) is 6.74. The molecule has 4 heteroatoms. The van der Waals surface area contributed by atoms with Gasteiger partial charge in [-0.2, -0.15) is 0 Å². The zero-order valence-electron chi connectivity index (χ0n) is 11.3. The second-order valence-corrected chi connectivity index (χ2v) is 5.53. The van der Waals surface area contributed by atoms with Gasteiger partial charge in [0.2, 0.25) is 5.91 Å². The zero-order chi connectivity index (χ0) is 13.6. The molecule has 2 atom stereocenters. The highest BCUT2D eigenvalue weighted by atomic mass is 16.2. The van der Waals surface area contributed by atoms with E-state index in [1.807, 2.05) is 36.9 Å². The average molecular weight is 258 g/mol. The summed E-state index contributed by atoms with van der Waals surface area (Å²) in [5.74, 6) is 0.111. The molecule has 3 rings (SSSR count). The maximum absolute atomic E-state index is 12.5. The topological polar surface area (TPSA) is 49.4 Å². The monoisotopic (exact) mass is 258 g/mol. The van der Waals surface area contributed by atoms with Crippen molar-refractivity contribution < 1.29 is 9.59 Å². The summed E-state index contributed by atoms with van der Waals surface area (Å²) in [6.45, 7) is 4.79. The van der Waals surface area contributed by atoms with E-state index < -0.39 is 0 Å². The van der Waals surface area contributed by atoms with Gasteiger partial charge in [-0.1, -0.05) is 6.07 Å². The van der Waals surface area contributed by atoms with Crippen LogP contribution in [0.25, 0.3) is 0 Å². The van der Waals surface area contributed by atoms with Crippen LogP contribution in [0.2, 0.25) is 0 Å². The second kappa shape index (κ2) is 4.37. The fourth-order valence-corrected chi connectivity index (χ4v) is 3.02. The van der Waals surface area contributed by atoms with Crippen LogP contribution in [0.15, 0.2) is 18.2 Å². The van der Waals surface area contributed by atoms with Gasteiger partial charge < -0.3 is 10.2 Å². The molecule has 2 heterocycles. The molecular formula is C15H18N2O2. The zero-order valence-corrected chi connectivity index (χ0v) is 11.3. The molecule has 2 fully saturated rings. The Labute approximate surface area is 112 Å². The number of benzene rings is 1. The number of hydrogen-bond donors (Lipinski definition) is 1. The molecule has 0 spiro atoms. The van der Waals surface area contributed by atoms with E-state index >= 15 is 0 Å². The van der Waals surface area contributed by atoms with Crippen LogP contribution in [0.1, 0.15) is 34.3 Å². The molecule has 0 aliphatic carbocycles. The Morgan fingerprint density at radius 2 is 2.11 bits per heavy atom. The van der Waals surface area contributed by atoms with Crippen LogP contribution < -0.4 is 5.32 Å². The fourth-order valence-electron chi connectivity index (χ4n) is 3.02. The van der Waals surface area contributed by atoms with Crippen molar-refractivity contribution >= 4 is 11.8 Å². The van der Waals surface area contributed by atoms with E-state index in [2.05, 4.69) is 5.32 Å². The van der Waals surface area contributed by atoms with E-state index in [1.54, 1.807) is 0 Å². The summed E-state index contributed by atoms with van der Waals surface area (Å²) in [6.07, 6.45) is 1.31. The molecule has 0 bridgehead atoms. The molecule has 19 heavy (non-hydrogen) atoms. The molecule has 1 aromatic carbocycles. The summed E-state index contributed by atoms with van der Waals surface area (Å²) in [5, 5.41) is 2.94. The Morgan fingerprint density at radius 3 is 2.84 bits per heavy atom. The van der Waals surface area contributed by atoms with E-state index in [9.17, 15) is 9.59 Å². The minimum Gasteiger partial charge on any atom is -0.351 e. The van der Waals surface area contributed by atoms with Crippen molar-refractivity contribution in [1.29, 1.82) is 0 Å². The van der Waals surface area contributed by atoms with Crippen LogP contribution in [-0.2, 0) is 4.79 Å². The number of fused-ring (bicyclic) bond motifs is 1. The number of rotatable bonds is 1. The summed E-state index contributed by atoms with van der Waals surface area (Å²) in [6, 6.07) is 6.00. The van der Waals surface area contributed by atoms with Crippen molar-refractivity contribution in [3.63, 3.8) is 0 Å². The number of hydrogen-bond acceptors (Lipinski definition) is 2. The maximum Gasteiger partial charge on any atom is 0.254 e. The Morgan fingerprint density at radius 1 is 1.32 bits per heavy atom. The Kier molecular flexibility index (Phi) is 2.81. The number of aryl methyl sites for hydroxylation is 2. The highest BCUT2D eigenvalue weighted by molar-refractivity contribution is 5.96. The van der Waals surface area contributed by atoms with Crippen molar-refractivity contribution in [2.75, 3.05) is 6.54 Å². The number of carbonyl (C=O) groups excluding carboxylic acids is 2. The normalized spacial score (nSPS) is 25.4. The van der Waals surface area contributed by atoms with Gasteiger partial charge in [0.15, 0.2) is 0 Å². The highest BCUT2D eigenvalue weighted by Crippen LogP contribution is 2.27. The van der Waals surface area contributed by atoms with Gasteiger partial charge >= 0.3 is 0 Å². The SMILES string of the molecule is Cc1ccc(C(=O)N2CC[C@@H]3NC(=O)C[C@H]32)cc1C. The minimum atomic E-state index is 0.0432. The summed E-state index contributed by atoms with van der Waals surface area (Å²) in [5.41, 5.74) is 3.04. The van der Waals surface area contributed by atoms with Crippen LogP contribution in [0, 0.1) is 13.8 Å². The summed E-state index contributed by atoms with van der Waals surface area (Å²) >= 11 is 0. The van der Waals surface area contributed by atoms with E-state index in [4.69, 9.17) is 0 Å². The third-order valence-corrected chi connectivity index (χ3v) is 4.30. The lowest BCUT2D eigenvalue weighted by atomic mass is 10.0. The lowest BCUT2D eigenvalue weighted by Crippen LogP contribution is -2.38. The van der Waals surface area contributed by atoms with Crippen molar-refractivity contribution in [2.24, 2.45) is 0 Å². The predicted molar refractivity (Wildman–Crippen MR) is 71.9 cm³/mol. The van der Waals surface area contributed by atoms with Crippen LogP contribution in [0.5, 0.6) is 0 Å².